The summed E-state index contributed by atoms with van der Waals surface area (Å²) in [7, 11) is -3.31. The van der Waals surface area contributed by atoms with Gasteiger partial charge in [0.1, 0.15) is 17.2 Å². The molecule has 4 aromatic rings. The Kier molecular flexibility index (Phi) is 6.30. The molecule has 0 fully saturated rings. The molecule has 0 spiro atoms. The number of hydrogen-bond acceptors (Lipinski definition) is 5. The minimum absolute atomic E-state index is 0.262. The van der Waals surface area contributed by atoms with Gasteiger partial charge in [0, 0.05) is 18.1 Å². The van der Waals surface area contributed by atoms with Gasteiger partial charge in [-0.3, -0.25) is 4.57 Å². The molecule has 1 heterocycles. The van der Waals surface area contributed by atoms with Crippen LogP contribution in [-0.4, -0.2) is 35.1 Å². The van der Waals surface area contributed by atoms with Crippen LogP contribution < -0.4 is 0 Å². The third-order valence-electron chi connectivity index (χ3n) is 5.15. The Morgan fingerprint density at radius 2 is 1.61 bits per heavy atom. The van der Waals surface area contributed by atoms with Gasteiger partial charge in [0.05, 0.1) is 20.5 Å². The van der Waals surface area contributed by atoms with E-state index in [4.69, 9.17) is 23.2 Å². The van der Waals surface area contributed by atoms with Gasteiger partial charge in [-0.25, -0.2) is 13.4 Å². The molecule has 9 heteroatoms. The highest BCUT2D eigenvalue weighted by Crippen LogP contribution is 2.36. The molecule has 0 aliphatic rings. The zero-order chi connectivity index (χ0) is 23.8. The standard InChI is InChI=1S/C24H19Cl2N3O3S/c1-15(28-30)22-14-29(24(27-22)23-20(25)7-4-8-21(23)26)18-11-9-16(10-12-18)17-5-3-6-19(13-17)33(2,31)32/h3-14,30H,1-2H3/b28-15+. The number of halogens is 2. The second-order valence-corrected chi connectivity index (χ2v) is 10.3. The van der Waals surface area contributed by atoms with E-state index in [-0.39, 0.29) is 4.90 Å². The zero-order valence-electron chi connectivity index (χ0n) is 17.7. The number of benzene rings is 3. The molecule has 6 nitrogen and oxygen atoms in total. The summed E-state index contributed by atoms with van der Waals surface area (Å²) >= 11 is 12.9. The average molecular weight is 500 g/mol. The lowest BCUT2D eigenvalue weighted by Crippen LogP contribution is -1.98. The highest BCUT2D eigenvalue weighted by atomic mass is 35.5. The van der Waals surface area contributed by atoms with E-state index in [9.17, 15) is 13.6 Å². The quantitative estimate of drug-likeness (QED) is 0.203. The number of oxime groups is 1. The number of sulfone groups is 1. The molecule has 33 heavy (non-hydrogen) atoms. The molecule has 1 aromatic heterocycles. The second-order valence-electron chi connectivity index (χ2n) is 7.45. The molecule has 0 saturated carbocycles. The van der Waals surface area contributed by atoms with Crippen LogP contribution in [0.1, 0.15) is 12.6 Å². The maximum atomic E-state index is 11.9. The lowest BCUT2D eigenvalue weighted by molar-refractivity contribution is 0.319. The highest BCUT2D eigenvalue weighted by molar-refractivity contribution is 7.90. The van der Waals surface area contributed by atoms with Crippen LogP contribution in [0.25, 0.3) is 28.2 Å². The first-order valence-electron chi connectivity index (χ1n) is 9.83. The summed E-state index contributed by atoms with van der Waals surface area (Å²) in [4.78, 5) is 4.87. The van der Waals surface area contributed by atoms with Crippen molar-refractivity contribution in [1.82, 2.24) is 9.55 Å². The van der Waals surface area contributed by atoms with Gasteiger partial charge < -0.3 is 5.21 Å². The SMILES string of the molecule is C/C(=N\O)c1cn(-c2ccc(-c3cccc(S(C)(=O)=O)c3)cc2)c(-c2c(Cl)cccc2Cl)n1. The molecule has 3 aromatic carbocycles. The lowest BCUT2D eigenvalue weighted by atomic mass is 10.1. The van der Waals surface area contributed by atoms with Gasteiger partial charge in [-0.2, -0.15) is 0 Å². The van der Waals surface area contributed by atoms with E-state index in [2.05, 4.69) is 10.1 Å². The summed E-state index contributed by atoms with van der Waals surface area (Å²) in [5.74, 6) is 0.496. The van der Waals surface area contributed by atoms with Crippen molar-refractivity contribution in [2.45, 2.75) is 11.8 Å². The Labute approximate surface area is 201 Å². The Bertz CT molecular complexity index is 1460. The highest BCUT2D eigenvalue weighted by Gasteiger charge is 2.19. The van der Waals surface area contributed by atoms with E-state index < -0.39 is 9.84 Å². The van der Waals surface area contributed by atoms with E-state index in [0.29, 0.717) is 32.8 Å². The van der Waals surface area contributed by atoms with Crippen LogP contribution in [0.3, 0.4) is 0 Å². The fourth-order valence-corrected chi connectivity index (χ4v) is 4.64. The molecule has 4 rings (SSSR count). The molecule has 0 radical (unpaired) electrons. The van der Waals surface area contributed by atoms with Crippen molar-refractivity contribution in [2.24, 2.45) is 5.16 Å². The van der Waals surface area contributed by atoms with Gasteiger partial charge in [-0.1, -0.05) is 58.7 Å². The summed E-state index contributed by atoms with van der Waals surface area (Å²) in [6.07, 6.45) is 2.92. The molecule has 0 unspecified atom stereocenters. The van der Waals surface area contributed by atoms with E-state index in [1.807, 2.05) is 34.9 Å². The van der Waals surface area contributed by atoms with Crippen molar-refractivity contribution in [3.05, 3.63) is 88.7 Å². The molecule has 0 aliphatic heterocycles. The van der Waals surface area contributed by atoms with E-state index in [1.54, 1.807) is 49.5 Å². The minimum atomic E-state index is -3.31. The van der Waals surface area contributed by atoms with Gasteiger partial charge in [0.15, 0.2) is 9.84 Å². The maximum absolute atomic E-state index is 11.9. The summed E-state index contributed by atoms with van der Waals surface area (Å²) in [6.45, 7) is 1.64. The van der Waals surface area contributed by atoms with Crippen LogP contribution in [-0.2, 0) is 9.84 Å². The molecule has 0 saturated heterocycles. The zero-order valence-corrected chi connectivity index (χ0v) is 20.0. The van der Waals surface area contributed by atoms with Gasteiger partial charge in [0.2, 0.25) is 0 Å². The molecule has 168 valence electrons. The first kappa shape index (κ1) is 23.0. The first-order chi connectivity index (χ1) is 15.7. The van der Waals surface area contributed by atoms with Crippen LogP contribution in [0.5, 0.6) is 0 Å². The lowest BCUT2D eigenvalue weighted by Gasteiger charge is -2.11. The van der Waals surface area contributed by atoms with Crippen molar-refractivity contribution >= 4 is 38.8 Å². The Morgan fingerprint density at radius 1 is 0.970 bits per heavy atom. The largest absolute Gasteiger partial charge is 0.411 e. The molecular formula is C24H19Cl2N3O3S. The normalized spacial score (nSPS) is 12.2. The third-order valence-corrected chi connectivity index (χ3v) is 6.89. The molecule has 0 aliphatic carbocycles. The monoisotopic (exact) mass is 499 g/mol. The topological polar surface area (TPSA) is 84.5 Å². The molecule has 0 bridgehead atoms. The number of imidazole rings is 1. The van der Waals surface area contributed by atoms with Crippen molar-refractivity contribution in [1.29, 1.82) is 0 Å². The third kappa shape index (κ3) is 4.66. The van der Waals surface area contributed by atoms with Crippen molar-refractivity contribution in [3.63, 3.8) is 0 Å². The van der Waals surface area contributed by atoms with Gasteiger partial charge >= 0.3 is 0 Å². The smallest absolute Gasteiger partial charge is 0.175 e. The summed E-state index contributed by atoms with van der Waals surface area (Å²) in [5, 5.41) is 13.4. The number of nitrogens with zero attached hydrogens (tertiary/aromatic N) is 3. The Hall–Kier alpha value is -3.13. The fourth-order valence-electron chi connectivity index (χ4n) is 3.41. The predicted molar refractivity (Wildman–Crippen MR) is 132 cm³/mol. The fraction of sp³-hybridized carbons (Fsp3) is 0.0833. The first-order valence-corrected chi connectivity index (χ1v) is 12.5. The maximum Gasteiger partial charge on any atom is 0.175 e. The molecule has 0 atom stereocenters. The van der Waals surface area contributed by atoms with Crippen LogP contribution in [0.4, 0.5) is 0 Å². The predicted octanol–water partition coefficient (Wildman–Crippen LogP) is 6.11. The number of rotatable bonds is 5. The second kappa shape index (κ2) is 9.02. The van der Waals surface area contributed by atoms with Gasteiger partial charge in [0.25, 0.3) is 0 Å². The summed E-state index contributed by atoms with van der Waals surface area (Å²) < 4.78 is 25.6. The van der Waals surface area contributed by atoms with Crippen molar-refractivity contribution in [2.75, 3.05) is 6.26 Å². The van der Waals surface area contributed by atoms with E-state index >= 15 is 0 Å². The number of aromatic nitrogens is 2. The van der Waals surface area contributed by atoms with Crippen molar-refractivity contribution < 1.29 is 13.6 Å². The molecular weight excluding hydrogens is 481 g/mol. The molecule has 1 N–H and O–H groups in total. The van der Waals surface area contributed by atoms with Gasteiger partial charge in [-0.15, -0.1) is 0 Å². The molecule has 0 amide bonds. The van der Waals surface area contributed by atoms with Crippen LogP contribution in [0.2, 0.25) is 10.0 Å². The van der Waals surface area contributed by atoms with E-state index in [1.165, 1.54) is 6.26 Å². The van der Waals surface area contributed by atoms with Crippen LogP contribution in [0.15, 0.2) is 83.0 Å². The Balaban J connectivity index is 1.82. The summed E-state index contributed by atoms with van der Waals surface area (Å²) in [5.41, 5.74) is 3.78. The number of hydrogen-bond donors (Lipinski definition) is 1. The van der Waals surface area contributed by atoms with Gasteiger partial charge in [-0.05, 0) is 54.4 Å². The minimum Gasteiger partial charge on any atom is -0.411 e. The van der Waals surface area contributed by atoms with E-state index in [0.717, 1.165) is 16.8 Å². The average Bonchev–Trinajstić information content (AvgIpc) is 3.23. The Morgan fingerprint density at radius 3 is 2.21 bits per heavy atom. The van der Waals surface area contributed by atoms with Crippen molar-refractivity contribution in [3.8, 4) is 28.2 Å². The van der Waals surface area contributed by atoms with Crippen LogP contribution in [0, 0.1) is 0 Å². The van der Waals surface area contributed by atoms with Crippen LogP contribution >= 0.6 is 23.2 Å². The summed E-state index contributed by atoms with van der Waals surface area (Å²) in [6, 6.07) is 19.6.